The molecule has 0 bridgehead atoms. The number of esters is 1. The first kappa shape index (κ1) is 60.2. The summed E-state index contributed by atoms with van der Waals surface area (Å²) in [6, 6.07) is -1.55. The van der Waals surface area contributed by atoms with Crippen LogP contribution in [0.1, 0.15) is 213 Å². The number of nitrogens with one attached hydrogen (secondary N) is 1. The number of hydrogen-bond donors (Lipinski definition) is 4. The quantitative estimate of drug-likeness (QED) is 0.0200. The molecular formula is C51H90NO10P. The molecule has 11 nitrogen and oxygen atoms in total. The molecule has 364 valence electrons. The number of carboxylic acid groups (broad SMARTS) is 1. The van der Waals surface area contributed by atoms with Crippen LogP contribution in [0.25, 0.3) is 0 Å². The number of phosphoric acid groups is 1. The van der Waals surface area contributed by atoms with E-state index in [2.05, 4.69) is 79.9 Å². The molecule has 0 aromatic carbocycles. The number of allylic oxidation sites excluding steroid dienone is 10. The summed E-state index contributed by atoms with van der Waals surface area (Å²) in [6.45, 7) is 2.55. The fourth-order valence-electron chi connectivity index (χ4n) is 6.65. The average Bonchev–Trinajstić information content (AvgIpc) is 3.26. The van der Waals surface area contributed by atoms with Gasteiger partial charge in [0.2, 0.25) is 5.91 Å². The molecule has 0 saturated heterocycles. The minimum atomic E-state index is -4.77. The number of rotatable bonds is 46. The zero-order chi connectivity index (χ0) is 46.3. The molecule has 0 rings (SSSR count). The van der Waals surface area contributed by atoms with Crippen molar-refractivity contribution in [3.63, 3.8) is 0 Å². The molecule has 63 heavy (non-hydrogen) atoms. The Kier molecular flexibility index (Phi) is 43.7. The van der Waals surface area contributed by atoms with Gasteiger partial charge in [-0.25, -0.2) is 9.36 Å². The first-order chi connectivity index (χ1) is 30.6. The highest BCUT2D eigenvalue weighted by molar-refractivity contribution is 7.47. The lowest BCUT2D eigenvalue weighted by atomic mass is 10.0. The molecule has 3 atom stereocenters. The summed E-state index contributed by atoms with van der Waals surface area (Å²) in [5, 5.41) is 21.9. The molecule has 4 N–H and O–H groups in total. The highest BCUT2D eigenvalue weighted by atomic mass is 31.2. The highest BCUT2D eigenvalue weighted by Gasteiger charge is 2.28. The van der Waals surface area contributed by atoms with Gasteiger partial charge in [0.1, 0.15) is 12.7 Å². The highest BCUT2D eigenvalue weighted by Crippen LogP contribution is 2.43. The molecule has 0 aliphatic rings. The van der Waals surface area contributed by atoms with Crippen molar-refractivity contribution >= 4 is 25.7 Å². The Labute approximate surface area is 383 Å². The van der Waals surface area contributed by atoms with Crippen LogP contribution in [0.2, 0.25) is 0 Å². The Bertz CT molecular complexity index is 1300. The van der Waals surface area contributed by atoms with Crippen molar-refractivity contribution in [3.8, 4) is 0 Å². The van der Waals surface area contributed by atoms with Crippen LogP contribution in [-0.2, 0) is 32.7 Å². The van der Waals surface area contributed by atoms with Crippen molar-refractivity contribution in [2.45, 2.75) is 225 Å². The smallest absolute Gasteiger partial charge is 0.472 e. The molecule has 1 amide bonds. The van der Waals surface area contributed by atoms with E-state index in [1.165, 1.54) is 89.9 Å². The SMILES string of the molecule is CCCCC/C=C\C/C=C\C/C=C\CCCCCCCCCCCCC(=O)NC(COP(=O)(O)OCC(O)COC(=O)CCCCCCC/C=C\C/C=C\CCCCCC)C(=O)O. The maximum Gasteiger partial charge on any atom is 0.472 e. The largest absolute Gasteiger partial charge is 0.480 e. The molecule has 0 heterocycles. The van der Waals surface area contributed by atoms with Crippen molar-refractivity contribution in [2.24, 2.45) is 0 Å². The summed E-state index contributed by atoms with van der Waals surface area (Å²) in [5.41, 5.74) is 0. The van der Waals surface area contributed by atoms with Gasteiger partial charge in [0.05, 0.1) is 13.2 Å². The van der Waals surface area contributed by atoms with E-state index in [1.54, 1.807) is 0 Å². The lowest BCUT2D eigenvalue weighted by molar-refractivity contribution is -0.147. The zero-order valence-corrected chi connectivity index (χ0v) is 40.5. The van der Waals surface area contributed by atoms with Crippen molar-refractivity contribution in [1.82, 2.24) is 5.32 Å². The second kappa shape index (κ2) is 45.7. The van der Waals surface area contributed by atoms with Crippen LogP contribution >= 0.6 is 7.82 Å². The normalized spacial score (nSPS) is 14.1. The summed E-state index contributed by atoms with van der Waals surface area (Å²) >= 11 is 0. The van der Waals surface area contributed by atoms with E-state index in [9.17, 15) is 34.1 Å². The van der Waals surface area contributed by atoms with Gasteiger partial charge >= 0.3 is 19.8 Å². The number of aliphatic carboxylic acids is 1. The van der Waals surface area contributed by atoms with Crippen LogP contribution in [0.3, 0.4) is 0 Å². The number of aliphatic hydroxyl groups is 1. The van der Waals surface area contributed by atoms with Gasteiger partial charge in [-0.2, -0.15) is 0 Å². The third kappa shape index (κ3) is 45.5. The summed E-state index contributed by atoms with van der Waals surface area (Å²) in [5.74, 6) is -2.39. The lowest BCUT2D eigenvalue weighted by Gasteiger charge is -2.18. The number of carbonyl (C=O) groups excluding carboxylic acids is 2. The van der Waals surface area contributed by atoms with Crippen molar-refractivity contribution in [1.29, 1.82) is 0 Å². The summed E-state index contributed by atoms with van der Waals surface area (Å²) in [7, 11) is -4.77. The van der Waals surface area contributed by atoms with E-state index in [4.69, 9.17) is 13.8 Å². The van der Waals surface area contributed by atoms with E-state index in [0.717, 1.165) is 83.5 Å². The number of amides is 1. The second-order valence-corrected chi connectivity index (χ2v) is 18.1. The van der Waals surface area contributed by atoms with Gasteiger partial charge in [-0.3, -0.25) is 18.6 Å². The molecular weight excluding hydrogens is 818 g/mol. The van der Waals surface area contributed by atoms with Crippen LogP contribution in [0.5, 0.6) is 0 Å². The van der Waals surface area contributed by atoms with Gasteiger partial charge in [0, 0.05) is 12.8 Å². The van der Waals surface area contributed by atoms with Gasteiger partial charge in [-0.15, -0.1) is 0 Å². The van der Waals surface area contributed by atoms with Gasteiger partial charge in [0.15, 0.2) is 6.04 Å². The molecule has 0 spiro atoms. The minimum Gasteiger partial charge on any atom is -0.480 e. The van der Waals surface area contributed by atoms with Crippen LogP contribution in [0.15, 0.2) is 60.8 Å². The van der Waals surface area contributed by atoms with E-state index in [0.29, 0.717) is 12.8 Å². The summed E-state index contributed by atoms with van der Waals surface area (Å²) in [4.78, 5) is 46.1. The number of carbonyl (C=O) groups is 3. The first-order valence-corrected chi connectivity index (χ1v) is 26.3. The fraction of sp³-hybridized carbons (Fsp3) is 0.745. The maximum atomic E-state index is 12.4. The van der Waals surface area contributed by atoms with Crippen LogP contribution < -0.4 is 5.32 Å². The molecule has 0 saturated carbocycles. The fourth-order valence-corrected chi connectivity index (χ4v) is 7.42. The molecule has 0 radical (unpaired) electrons. The number of ether oxygens (including phenoxy) is 1. The summed E-state index contributed by atoms with van der Waals surface area (Å²) in [6.07, 6.45) is 53.8. The van der Waals surface area contributed by atoms with Crippen LogP contribution in [0, 0.1) is 0 Å². The predicted molar refractivity (Wildman–Crippen MR) is 258 cm³/mol. The molecule has 0 aliphatic heterocycles. The van der Waals surface area contributed by atoms with Crippen molar-refractivity contribution in [3.05, 3.63) is 60.8 Å². The number of aliphatic hydroxyl groups excluding tert-OH is 1. The second-order valence-electron chi connectivity index (χ2n) is 16.6. The number of hydrogen-bond acceptors (Lipinski definition) is 8. The molecule has 0 aromatic rings. The van der Waals surface area contributed by atoms with Crippen LogP contribution in [-0.4, -0.2) is 64.9 Å². The molecule has 0 fully saturated rings. The topological polar surface area (TPSA) is 169 Å². The number of unbranched alkanes of at least 4 members (excludes halogenated alkanes) is 22. The maximum absolute atomic E-state index is 12.4. The Morgan fingerprint density at radius 1 is 0.508 bits per heavy atom. The Morgan fingerprint density at radius 3 is 1.33 bits per heavy atom. The Morgan fingerprint density at radius 2 is 0.873 bits per heavy atom. The third-order valence-electron chi connectivity index (χ3n) is 10.5. The lowest BCUT2D eigenvalue weighted by Crippen LogP contribution is -2.43. The Hall–Kier alpha value is -2.82. The standard InChI is InChI=1S/C51H90NO10P/c1-3-5-7-9-11-13-15-17-19-21-22-23-24-25-26-27-28-30-32-34-36-38-40-42-49(54)52-48(51(56)57)46-62-63(58,59)61-45-47(53)44-60-50(55)43-41-39-37-35-33-31-29-20-18-16-14-12-10-8-6-4-2/h11,13-14,16-17,19-20,22-23,29,47-48,53H,3-10,12,15,18,21,24-28,30-46H2,1-2H3,(H,52,54)(H,56,57)(H,58,59)/b13-11-,16-14-,19-17-,23-22-,29-20-. The average molecular weight is 908 g/mol. The van der Waals surface area contributed by atoms with E-state index >= 15 is 0 Å². The van der Waals surface area contributed by atoms with Gasteiger partial charge < -0.3 is 25.2 Å². The predicted octanol–water partition coefficient (Wildman–Crippen LogP) is 13.5. The van der Waals surface area contributed by atoms with Gasteiger partial charge in [-0.1, -0.05) is 177 Å². The molecule has 0 aromatic heterocycles. The summed E-state index contributed by atoms with van der Waals surface area (Å²) < 4.78 is 26.9. The monoisotopic (exact) mass is 908 g/mol. The van der Waals surface area contributed by atoms with E-state index in [-0.39, 0.29) is 12.8 Å². The molecule has 12 heteroatoms. The van der Waals surface area contributed by atoms with Gasteiger partial charge in [-0.05, 0) is 83.5 Å². The van der Waals surface area contributed by atoms with Gasteiger partial charge in [0.25, 0.3) is 0 Å². The van der Waals surface area contributed by atoms with Crippen molar-refractivity contribution in [2.75, 3.05) is 19.8 Å². The molecule has 0 aliphatic carbocycles. The number of phosphoric ester groups is 1. The molecule has 3 unspecified atom stereocenters. The minimum absolute atomic E-state index is 0.138. The Balaban J connectivity index is 3.87. The van der Waals surface area contributed by atoms with E-state index < -0.39 is 57.6 Å². The van der Waals surface area contributed by atoms with Crippen LogP contribution in [0.4, 0.5) is 0 Å². The zero-order valence-electron chi connectivity index (χ0n) is 39.6. The van der Waals surface area contributed by atoms with Crippen molar-refractivity contribution < 1.29 is 47.8 Å². The number of carboxylic acids is 1. The first-order valence-electron chi connectivity index (χ1n) is 24.8. The third-order valence-corrected chi connectivity index (χ3v) is 11.5. The van der Waals surface area contributed by atoms with E-state index in [1.807, 2.05) is 0 Å².